The number of aliphatic carboxylic acids is 2. The lowest BCUT2D eigenvalue weighted by molar-refractivity contribution is -0.148. The van der Waals surface area contributed by atoms with Crippen molar-refractivity contribution in [3.63, 3.8) is 0 Å². The van der Waals surface area contributed by atoms with Crippen LogP contribution in [-0.2, 0) is 40.0 Å². The number of carboxylic acids is 2. The van der Waals surface area contributed by atoms with Crippen LogP contribution in [0.2, 0.25) is 0 Å². The monoisotopic (exact) mass is 767 g/mol. The average Bonchev–Trinajstić information content (AvgIpc) is 3.24. The Labute approximate surface area is 334 Å². The molecule has 6 rings (SSSR count). The second-order valence-electron chi connectivity index (χ2n) is 13.0. The van der Waals surface area contributed by atoms with Crippen LogP contribution in [0.3, 0.4) is 0 Å². The third-order valence-corrected chi connectivity index (χ3v) is 8.76. The van der Waals surface area contributed by atoms with Crippen molar-refractivity contribution in [3.05, 3.63) is 198 Å². The molecule has 0 heterocycles. The fourth-order valence-electron chi connectivity index (χ4n) is 5.61. The van der Waals surface area contributed by atoms with E-state index in [2.05, 4.69) is 12.1 Å². The van der Waals surface area contributed by atoms with Crippen LogP contribution in [0.25, 0.3) is 0 Å². The minimum Gasteiger partial charge on any atom is -0.508 e. The molecule has 9 nitrogen and oxygen atoms in total. The molecule has 57 heavy (non-hydrogen) atoms. The van der Waals surface area contributed by atoms with E-state index in [1.54, 1.807) is 18.4 Å². The van der Waals surface area contributed by atoms with Crippen LogP contribution >= 0.6 is 0 Å². The van der Waals surface area contributed by atoms with Gasteiger partial charge in [0.05, 0.1) is 13.2 Å². The number of carbonyl (C=O) groups is 2. The molecule has 1 aliphatic rings. The first-order chi connectivity index (χ1) is 27.8. The van der Waals surface area contributed by atoms with Crippen LogP contribution in [0, 0.1) is 6.42 Å². The number of hydrogen-bond donors (Lipinski definition) is 2. The summed E-state index contributed by atoms with van der Waals surface area (Å²) < 4.78 is 27.8. The number of para-hydroxylation sites is 1. The normalized spacial score (nSPS) is 13.3. The van der Waals surface area contributed by atoms with E-state index >= 15 is 0 Å². The van der Waals surface area contributed by atoms with Gasteiger partial charge >= 0.3 is 11.9 Å². The Morgan fingerprint density at radius 3 is 1.58 bits per heavy atom. The number of methoxy groups -OCH3 is 1. The Balaban J connectivity index is 0.000000219. The van der Waals surface area contributed by atoms with Crippen molar-refractivity contribution < 1.29 is 43.5 Å². The molecule has 1 unspecified atom stereocenters. The van der Waals surface area contributed by atoms with E-state index in [-0.39, 0.29) is 6.42 Å². The highest BCUT2D eigenvalue weighted by Gasteiger charge is 2.20. The molecule has 1 aliphatic carbocycles. The van der Waals surface area contributed by atoms with Crippen LogP contribution in [0.5, 0.6) is 23.0 Å². The molecule has 2 N–H and O–H groups in total. The maximum absolute atomic E-state index is 11.5. The van der Waals surface area contributed by atoms with E-state index in [4.69, 9.17) is 28.8 Å². The molecule has 0 radical (unpaired) electrons. The van der Waals surface area contributed by atoms with Gasteiger partial charge in [-0.05, 0) is 70.8 Å². The van der Waals surface area contributed by atoms with E-state index in [0.717, 1.165) is 52.4 Å². The molecule has 9 heteroatoms. The zero-order chi connectivity index (χ0) is 40.1. The van der Waals surface area contributed by atoms with Crippen molar-refractivity contribution in [2.24, 2.45) is 0 Å². The molecular weight excluding hydrogens is 721 g/mol. The van der Waals surface area contributed by atoms with E-state index in [1.165, 1.54) is 12.7 Å². The highest BCUT2D eigenvalue weighted by molar-refractivity contribution is 5.73. The van der Waals surface area contributed by atoms with Gasteiger partial charge in [0.25, 0.3) is 0 Å². The molecule has 0 aromatic heterocycles. The topological polar surface area (TPSA) is 121 Å². The van der Waals surface area contributed by atoms with E-state index < -0.39 is 24.1 Å². The van der Waals surface area contributed by atoms with Gasteiger partial charge in [-0.1, -0.05) is 84.9 Å². The van der Waals surface area contributed by atoms with Crippen molar-refractivity contribution in [2.45, 2.75) is 37.9 Å². The van der Waals surface area contributed by atoms with Crippen LogP contribution in [0.15, 0.2) is 170 Å². The van der Waals surface area contributed by atoms with Gasteiger partial charge in [0, 0.05) is 39.1 Å². The Hall–Kier alpha value is -6.71. The third kappa shape index (κ3) is 14.8. The lowest BCUT2D eigenvalue weighted by Gasteiger charge is -2.15. The van der Waals surface area contributed by atoms with Gasteiger partial charge in [0.15, 0.2) is 12.2 Å². The predicted molar refractivity (Wildman–Crippen MR) is 220 cm³/mol. The first-order valence-corrected chi connectivity index (χ1v) is 18.7. The van der Waals surface area contributed by atoms with Crippen LogP contribution in [0.1, 0.15) is 22.3 Å². The molecule has 294 valence electrons. The quantitative estimate of drug-likeness (QED) is 0.0627. The number of carboxylic acid groups (broad SMARTS) is 2. The maximum Gasteiger partial charge on any atom is 0.345 e. The second-order valence-corrected chi connectivity index (χ2v) is 13.0. The molecule has 2 atom stereocenters. The highest BCUT2D eigenvalue weighted by Crippen LogP contribution is 2.19. The summed E-state index contributed by atoms with van der Waals surface area (Å²) in [4.78, 5) is 22.5. The minimum absolute atomic E-state index is 0.286. The molecule has 0 fully saturated rings. The SMILES string of the molecule is COC(Cc1ccc(OCCc2ccc(OC=C3C=CC=C[CH-]3)cc2)cc1)C(=O)O.O=C(O)[C@H](Cc1ccc(OCCc2ccccc2)cc1)Oc1ccccc1. The fourth-order valence-corrected chi connectivity index (χ4v) is 5.61. The number of ether oxygens (including phenoxy) is 5. The fraction of sp³-hybridized carbons (Fsp3) is 0.188. The maximum atomic E-state index is 11.5. The van der Waals surface area contributed by atoms with Gasteiger partial charge in [-0.3, -0.25) is 0 Å². The molecule has 0 spiro atoms. The first kappa shape index (κ1) is 41.5. The molecule has 0 saturated heterocycles. The van der Waals surface area contributed by atoms with Gasteiger partial charge in [-0.2, -0.15) is 0 Å². The minimum atomic E-state index is -0.984. The number of hydrogen-bond acceptors (Lipinski definition) is 7. The van der Waals surface area contributed by atoms with Gasteiger partial charge in [0.2, 0.25) is 0 Å². The summed E-state index contributed by atoms with van der Waals surface area (Å²) in [7, 11) is 1.40. The van der Waals surface area contributed by atoms with Crippen molar-refractivity contribution in [1.29, 1.82) is 0 Å². The highest BCUT2D eigenvalue weighted by atomic mass is 16.5. The smallest absolute Gasteiger partial charge is 0.345 e. The zero-order valence-corrected chi connectivity index (χ0v) is 31.8. The lowest BCUT2D eigenvalue weighted by Crippen LogP contribution is -2.29. The summed E-state index contributed by atoms with van der Waals surface area (Å²) in [6.07, 6.45) is 12.1. The lowest BCUT2D eigenvalue weighted by atomic mass is 10.1. The molecular formula is C48H47O9-. The molecule has 0 aliphatic heterocycles. The van der Waals surface area contributed by atoms with Crippen molar-refractivity contribution in [1.82, 2.24) is 0 Å². The first-order valence-electron chi connectivity index (χ1n) is 18.7. The van der Waals surface area contributed by atoms with Crippen molar-refractivity contribution >= 4 is 11.9 Å². The summed E-state index contributed by atoms with van der Waals surface area (Å²) >= 11 is 0. The Bertz CT molecular complexity index is 2040. The molecule has 0 saturated carbocycles. The van der Waals surface area contributed by atoms with E-state index in [1.807, 2.05) is 140 Å². The number of benzene rings is 5. The Morgan fingerprint density at radius 2 is 1.07 bits per heavy atom. The average molecular weight is 768 g/mol. The molecule has 0 amide bonds. The van der Waals surface area contributed by atoms with E-state index in [0.29, 0.717) is 25.4 Å². The predicted octanol–water partition coefficient (Wildman–Crippen LogP) is 8.93. The third-order valence-electron chi connectivity index (χ3n) is 8.76. The summed E-state index contributed by atoms with van der Waals surface area (Å²) in [5, 5.41) is 18.5. The molecule has 5 aromatic carbocycles. The van der Waals surface area contributed by atoms with Crippen molar-refractivity contribution in [3.8, 4) is 23.0 Å². The zero-order valence-electron chi connectivity index (χ0n) is 31.8. The summed E-state index contributed by atoms with van der Waals surface area (Å²) in [5.74, 6) is 0.904. The van der Waals surface area contributed by atoms with Gasteiger partial charge in [-0.15, -0.1) is 36.3 Å². The molecule has 5 aromatic rings. The van der Waals surface area contributed by atoms with Gasteiger partial charge in [-0.25, -0.2) is 9.59 Å². The van der Waals surface area contributed by atoms with Crippen LogP contribution in [0.4, 0.5) is 0 Å². The molecule has 0 bridgehead atoms. The van der Waals surface area contributed by atoms with Crippen LogP contribution < -0.4 is 18.9 Å². The summed E-state index contributed by atoms with van der Waals surface area (Å²) in [6, 6.07) is 42.0. The second kappa shape index (κ2) is 22.6. The Morgan fingerprint density at radius 1 is 0.579 bits per heavy atom. The van der Waals surface area contributed by atoms with Crippen molar-refractivity contribution in [2.75, 3.05) is 20.3 Å². The standard InChI is InChI=1S/C25H25O5.C23H22O4/c1-28-24(25(26)27)17-20-9-13-22(14-10-20)29-16-15-19-7-11-23(12-8-19)30-18-21-5-3-2-4-6-21;24-23(25)22(27-21-9-5-2-6-10-21)17-19-11-13-20(14-12-19)26-16-15-18-7-3-1-4-8-18/h2-14,18,24H,15-17H2,1H3,(H,26,27);1-14,22H,15-17H2,(H,24,25)/q-1;/t;22-/m.0/s1. The Kier molecular flexibility index (Phi) is 16.4. The van der Waals surface area contributed by atoms with E-state index in [9.17, 15) is 14.7 Å². The van der Waals surface area contributed by atoms with Crippen LogP contribution in [-0.4, -0.2) is 54.7 Å². The van der Waals surface area contributed by atoms with Gasteiger partial charge in [0.1, 0.15) is 23.0 Å². The summed E-state index contributed by atoms with van der Waals surface area (Å²) in [5.41, 5.74) is 5.18. The van der Waals surface area contributed by atoms with Gasteiger partial charge < -0.3 is 33.9 Å². The number of allylic oxidation sites excluding steroid dienone is 5. The largest absolute Gasteiger partial charge is 0.508 e. The summed E-state index contributed by atoms with van der Waals surface area (Å²) in [6.45, 7) is 1.14. The number of rotatable bonds is 19.